The van der Waals surface area contributed by atoms with E-state index in [0.717, 1.165) is 6.07 Å². The first-order valence-corrected chi connectivity index (χ1v) is 6.15. The fourth-order valence-electron chi connectivity index (χ4n) is 2.12. The summed E-state index contributed by atoms with van der Waals surface area (Å²) >= 11 is 0. The first-order valence-electron chi connectivity index (χ1n) is 6.15. The Balaban J connectivity index is 2.48. The van der Waals surface area contributed by atoms with E-state index in [2.05, 4.69) is 4.74 Å². The van der Waals surface area contributed by atoms with Gasteiger partial charge in [0.1, 0.15) is 5.82 Å². The van der Waals surface area contributed by atoms with Gasteiger partial charge in [-0.15, -0.1) is 0 Å². The van der Waals surface area contributed by atoms with Gasteiger partial charge in [0.25, 0.3) is 0 Å². The highest BCUT2D eigenvalue weighted by atomic mass is 19.1. The lowest BCUT2D eigenvalue weighted by Crippen LogP contribution is -2.40. The van der Waals surface area contributed by atoms with Crippen molar-refractivity contribution in [2.45, 2.75) is 0 Å². The number of halogens is 1. The average molecular weight is 283 g/mol. The van der Waals surface area contributed by atoms with Crippen LogP contribution in [0, 0.1) is 5.82 Å². The molecule has 0 aliphatic carbocycles. The third kappa shape index (κ3) is 2.92. The normalized spacial score (nSPS) is 15.1. The maximum Gasteiger partial charge on any atom is 0.491 e. The Hall–Kier alpha value is -1.64. The molecule has 1 aromatic rings. The number of hydrogen-bond donors (Lipinski definition) is 2. The Morgan fingerprint density at radius 3 is 2.60 bits per heavy atom. The molecule has 2 N–H and O–H groups in total. The number of rotatable bonds is 3. The molecule has 1 saturated heterocycles. The number of morpholine rings is 1. The van der Waals surface area contributed by atoms with E-state index in [4.69, 9.17) is 4.74 Å². The highest BCUT2D eigenvalue weighted by molar-refractivity contribution is 6.58. The zero-order valence-corrected chi connectivity index (χ0v) is 11.0. The minimum Gasteiger partial charge on any atom is -0.465 e. The van der Waals surface area contributed by atoms with Crippen LogP contribution in [0.15, 0.2) is 12.1 Å². The number of nitrogens with zero attached hydrogens (tertiary/aromatic N) is 1. The van der Waals surface area contributed by atoms with Crippen LogP contribution >= 0.6 is 0 Å². The molecule has 1 aliphatic rings. The number of ether oxygens (including phenoxy) is 2. The molecule has 1 aliphatic heterocycles. The quantitative estimate of drug-likeness (QED) is 0.554. The maximum absolute atomic E-state index is 13.8. The molecule has 6 nitrogen and oxygen atoms in total. The molecule has 0 spiro atoms. The highest BCUT2D eigenvalue weighted by Gasteiger charge is 2.25. The smallest absolute Gasteiger partial charge is 0.465 e. The van der Waals surface area contributed by atoms with Crippen molar-refractivity contribution in [2.24, 2.45) is 0 Å². The minimum absolute atomic E-state index is 0.0521. The lowest BCUT2D eigenvalue weighted by atomic mass is 9.79. The van der Waals surface area contributed by atoms with Gasteiger partial charge in [0, 0.05) is 18.6 Å². The number of hydrogen-bond acceptors (Lipinski definition) is 6. The second-order valence-corrected chi connectivity index (χ2v) is 4.36. The first kappa shape index (κ1) is 14.8. The van der Waals surface area contributed by atoms with Gasteiger partial charge in [-0.05, 0) is 12.1 Å². The molecule has 20 heavy (non-hydrogen) atoms. The molecule has 0 radical (unpaired) electrons. The van der Waals surface area contributed by atoms with E-state index in [-0.39, 0.29) is 11.0 Å². The van der Waals surface area contributed by atoms with Crippen molar-refractivity contribution in [1.82, 2.24) is 0 Å². The zero-order valence-electron chi connectivity index (χ0n) is 11.0. The van der Waals surface area contributed by atoms with Crippen molar-refractivity contribution in [1.29, 1.82) is 0 Å². The van der Waals surface area contributed by atoms with Crippen LogP contribution in [0.3, 0.4) is 0 Å². The van der Waals surface area contributed by atoms with Gasteiger partial charge in [-0.2, -0.15) is 0 Å². The van der Waals surface area contributed by atoms with Crippen LogP contribution in [0.25, 0.3) is 0 Å². The molecule has 2 rings (SSSR count). The second-order valence-electron chi connectivity index (χ2n) is 4.36. The van der Waals surface area contributed by atoms with E-state index < -0.39 is 18.9 Å². The number of benzene rings is 1. The number of methoxy groups -OCH3 is 1. The predicted molar refractivity (Wildman–Crippen MR) is 70.6 cm³/mol. The molecular formula is C12H15BFNO5. The summed E-state index contributed by atoms with van der Waals surface area (Å²) < 4.78 is 23.6. The topological polar surface area (TPSA) is 79.2 Å². The van der Waals surface area contributed by atoms with Crippen LogP contribution in [-0.4, -0.2) is 56.5 Å². The van der Waals surface area contributed by atoms with Crippen LogP contribution in [0.5, 0.6) is 0 Å². The van der Waals surface area contributed by atoms with Crippen LogP contribution in [-0.2, 0) is 9.47 Å². The summed E-state index contributed by atoms with van der Waals surface area (Å²) in [5.74, 6) is -1.54. The third-order valence-electron chi connectivity index (χ3n) is 3.15. The van der Waals surface area contributed by atoms with E-state index in [1.165, 1.54) is 13.2 Å². The molecule has 0 amide bonds. The Labute approximate surface area is 115 Å². The van der Waals surface area contributed by atoms with Crippen molar-refractivity contribution in [3.05, 3.63) is 23.5 Å². The van der Waals surface area contributed by atoms with E-state index >= 15 is 0 Å². The van der Waals surface area contributed by atoms with E-state index in [1.807, 2.05) is 4.90 Å². The summed E-state index contributed by atoms with van der Waals surface area (Å²) in [7, 11) is -0.737. The summed E-state index contributed by atoms with van der Waals surface area (Å²) in [5, 5.41) is 18.3. The SMILES string of the molecule is COC(=O)c1cc(F)c(B(O)O)cc1N1CCOCC1. The largest absolute Gasteiger partial charge is 0.491 e. The van der Waals surface area contributed by atoms with Gasteiger partial charge in [0.05, 0.1) is 31.6 Å². The molecule has 0 unspecified atom stereocenters. The number of carbonyl (C=O) groups is 1. The molecule has 0 saturated carbocycles. The van der Waals surface area contributed by atoms with E-state index in [0.29, 0.717) is 32.0 Å². The van der Waals surface area contributed by atoms with E-state index in [1.54, 1.807) is 0 Å². The van der Waals surface area contributed by atoms with Gasteiger partial charge in [0.15, 0.2) is 0 Å². The Bertz CT molecular complexity index is 505. The van der Waals surface area contributed by atoms with Gasteiger partial charge < -0.3 is 24.4 Å². The van der Waals surface area contributed by atoms with Gasteiger partial charge in [0.2, 0.25) is 0 Å². The Morgan fingerprint density at radius 2 is 2.05 bits per heavy atom. The number of anilines is 1. The summed E-state index contributed by atoms with van der Waals surface area (Å²) in [6, 6.07) is 2.23. The molecule has 108 valence electrons. The van der Waals surface area contributed by atoms with Crippen LogP contribution in [0.2, 0.25) is 0 Å². The third-order valence-corrected chi connectivity index (χ3v) is 3.15. The average Bonchev–Trinajstić information content (AvgIpc) is 2.46. The van der Waals surface area contributed by atoms with Crippen molar-refractivity contribution < 1.29 is 28.7 Å². The maximum atomic E-state index is 13.8. The lowest BCUT2D eigenvalue weighted by Gasteiger charge is -2.30. The molecule has 0 bridgehead atoms. The van der Waals surface area contributed by atoms with Crippen LogP contribution in [0.1, 0.15) is 10.4 Å². The zero-order chi connectivity index (χ0) is 14.7. The second kappa shape index (κ2) is 6.21. The fourth-order valence-corrected chi connectivity index (χ4v) is 2.12. The van der Waals surface area contributed by atoms with Gasteiger partial charge in [-0.1, -0.05) is 0 Å². The Morgan fingerprint density at radius 1 is 1.40 bits per heavy atom. The summed E-state index contributed by atoms with van der Waals surface area (Å²) in [6.07, 6.45) is 0. The predicted octanol–water partition coefficient (Wildman–Crippen LogP) is -0.871. The van der Waals surface area contributed by atoms with Gasteiger partial charge in [-0.25, -0.2) is 9.18 Å². The fraction of sp³-hybridized carbons (Fsp3) is 0.417. The molecule has 1 aromatic carbocycles. The van der Waals surface area contributed by atoms with Gasteiger partial charge >= 0.3 is 13.1 Å². The van der Waals surface area contributed by atoms with E-state index in [9.17, 15) is 19.2 Å². The van der Waals surface area contributed by atoms with Crippen molar-refractivity contribution in [2.75, 3.05) is 38.3 Å². The van der Waals surface area contributed by atoms with Gasteiger partial charge in [-0.3, -0.25) is 0 Å². The molecule has 0 atom stereocenters. The van der Waals surface area contributed by atoms with Crippen molar-refractivity contribution in [3.63, 3.8) is 0 Å². The van der Waals surface area contributed by atoms with Crippen LogP contribution < -0.4 is 10.4 Å². The summed E-state index contributed by atoms with van der Waals surface area (Å²) in [4.78, 5) is 13.6. The standard InChI is InChI=1S/C12H15BFNO5/c1-19-12(16)8-6-10(14)9(13(17)18)7-11(8)15-2-4-20-5-3-15/h6-7,17-18H,2-5H2,1H3. The molecule has 8 heteroatoms. The summed E-state index contributed by atoms with van der Waals surface area (Å²) in [6.45, 7) is 2.01. The lowest BCUT2D eigenvalue weighted by molar-refractivity contribution is 0.0600. The Kier molecular flexibility index (Phi) is 4.59. The number of esters is 1. The molecular weight excluding hydrogens is 268 g/mol. The monoisotopic (exact) mass is 283 g/mol. The van der Waals surface area contributed by atoms with Crippen LogP contribution in [0.4, 0.5) is 10.1 Å². The summed E-state index contributed by atoms with van der Waals surface area (Å²) in [5.41, 5.74) is 0.181. The molecule has 0 aromatic heterocycles. The number of carbonyl (C=O) groups excluding carboxylic acids is 1. The minimum atomic E-state index is -1.94. The molecule has 1 fully saturated rings. The van der Waals surface area contributed by atoms with Crippen molar-refractivity contribution in [3.8, 4) is 0 Å². The highest BCUT2D eigenvalue weighted by Crippen LogP contribution is 2.23. The van der Waals surface area contributed by atoms with Crippen molar-refractivity contribution >= 4 is 24.2 Å². The molecule has 1 heterocycles. The first-order chi connectivity index (χ1) is 9.54.